The Morgan fingerprint density at radius 3 is 2.37 bits per heavy atom. The molecule has 3 rings (SSSR count). The number of halogens is 2. The maximum atomic E-state index is 13.0. The van der Waals surface area contributed by atoms with Crippen LogP contribution >= 0.6 is 23.2 Å². The zero-order valence-electron chi connectivity index (χ0n) is 15.5. The van der Waals surface area contributed by atoms with Gasteiger partial charge in [0.1, 0.15) is 10.5 Å². The van der Waals surface area contributed by atoms with Gasteiger partial charge in [-0.15, -0.1) is 0 Å². The van der Waals surface area contributed by atoms with Gasteiger partial charge in [-0.05, 0) is 37.3 Å². The summed E-state index contributed by atoms with van der Waals surface area (Å²) in [6, 6.07) is 8.40. The van der Waals surface area contributed by atoms with Gasteiger partial charge in [-0.3, -0.25) is 14.9 Å². The Bertz CT molecular complexity index is 1270. The van der Waals surface area contributed by atoms with Crippen LogP contribution in [0.5, 0.6) is 5.88 Å². The molecule has 0 bridgehead atoms. The summed E-state index contributed by atoms with van der Waals surface area (Å²) < 4.78 is 31.7. The largest absolute Gasteiger partial charge is 0.358 e. The lowest BCUT2D eigenvalue weighted by atomic mass is 10.0. The van der Waals surface area contributed by atoms with Gasteiger partial charge in [0.05, 0.1) is 15.6 Å². The van der Waals surface area contributed by atoms with Crippen LogP contribution in [-0.2, 0) is 17.2 Å². The molecule has 0 amide bonds. The van der Waals surface area contributed by atoms with E-state index < -0.39 is 20.8 Å². The number of ketones is 1. The molecule has 30 heavy (non-hydrogen) atoms. The number of non-ortho nitro benzene ring substituents is 1. The number of nitro groups is 1. The van der Waals surface area contributed by atoms with E-state index in [0.29, 0.717) is 5.02 Å². The van der Waals surface area contributed by atoms with Gasteiger partial charge in [0, 0.05) is 29.8 Å². The summed E-state index contributed by atoms with van der Waals surface area (Å²) in [5, 5.41) is 15.2. The molecular weight excluding hydrogens is 457 g/mol. The summed E-state index contributed by atoms with van der Waals surface area (Å²) in [6.45, 7) is 1.52. The van der Waals surface area contributed by atoms with Gasteiger partial charge in [0.25, 0.3) is 5.69 Å². The molecule has 156 valence electrons. The van der Waals surface area contributed by atoms with Gasteiger partial charge >= 0.3 is 10.1 Å². The van der Waals surface area contributed by atoms with Crippen molar-refractivity contribution in [3.05, 3.63) is 79.4 Å². The Hall–Kier alpha value is -2.95. The smallest absolute Gasteiger partial charge is 0.340 e. The Kier molecular flexibility index (Phi) is 5.84. The summed E-state index contributed by atoms with van der Waals surface area (Å²) in [5.74, 6) is -0.918. The second-order valence-corrected chi connectivity index (χ2v) is 8.52. The summed E-state index contributed by atoms with van der Waals surface area (Å²) in [5.41, 5.74) is -0.0528. The highest BCUT2D eigenvalue weighted by Crippen LogP contribution is 2.31. The van der Waals surface area contributed by atoms with E-state index in [1.165, 1.54) is 32.2 Å². The van der Waals surface area contributed by atoms with Crippen molar-refractivity contribution in [3.63, 3.8) is 0 Å². The zero-order valence-corrected chi connectivity index (χ0v) is 17.8. The predicted octanol–water partition coefficient (Wildman–Crippen LogP) is 3.94. The van der Waals surface area contributed by atoms with E-state index in [1.807, 2.05) is 0 Å². The first-order chi connectivity index (χ1) is 14.0. The lowest BCUT2D eigenvalue weighted by Crippen LogP contribution is -2.15. The molecule has 1 aromatic heterocycles. The monoisotopic (exact) mass is 469 g/mol. The van der Waals surface area contributed by atoms with Crippen LogP contribution in [-0.4, -0.2) is 28.9 Å². The number of hydrogen-bond acceptors (Lipinski definition) is 7. The minimum absolute atomic E-state index is 0.0833. The minimum Gasteiger partial charge on any atom is -0.358 e. The molecule has 0 aliphatic rings. The molecule has 0 saturated carbocycles. The lowest BCUT2D eigenvalue weighted by Gasteiger charge is -2.10. The number of carbonyl (C=O) groups excluding carboxylic acids is 1. The molecule has 0 unspecified atom stereocenters. The van der Waals surface area contributed by atoms with Gasteiger partial charge in [-0.2, -0.15) is 13.5 Å². The number of nitro benzene ring substituents is 1. The molecule has 0 N–H and O–H groups in total. The maximum absolute atomic E-state index is 13.0. The van der Waals surface area contributed by atoms with Gasteiger partial charge in [-0.25, -0.2) is 4.68 Å². The number of nitrogens with zero attached hydrogens (tertiary/aromatic N) is 3. The van der Waals surface area contributed by atoms with Crippen molar-refractivity contribution in [3.8, 4) is 5.88 Å². The van der Waals surface area contributed by atoms with Crippen LogP contribution in [0.15, 0.2) is 47.4 Å². The topological polar surface area (TPSA) is 121 Å². The standard InChI is InChI=1S/C18H13Cl2N3O6S/c1-10-16(17(24)14-8-3-11(19)9-15(14)20)18(22(2)21-10)29-30(27,28)13-6-4-12(5-7-13)23(25)26/h3-9H,1-2H3. The molecule has 3 aromatic rings. The van der Waals surface area contributed by atoms with Crippen molar-refractivity contribution in [2.45, 2.75) is 11.8 Å². The van der Waals surface area contributed by atoms with E-state index in [-0.39, 0.29) is 38.3 Å². The van der Waals surface area contributed by atoms with Crippen LogP contribution in [0, 0.1) is 17.0 Å². The fourth-order valence-electron chi connectivity index (χ4n) is 2.69. The molecule has 0 spiro atoms. The zero-order chi connectivity index (χ0) is 22.2. The molecular formula is C18H13Cl2N3O6S. The van der Waals surface area contributed by atoms with E-state index in [4.69, 9.17) is 27.4 Å². The molecule has 0 radical (unpaired) electrons. The first kappa shape index (κ1) is 21.8. The summed E-state index contributed by atoms with van der Waals surface area (Å²) >= 11 is 12.0. The Morgan fingerprint density at radius 2 is 1.80 bits per heavy atom. The number of rotatable bonds is 6. The highest BCUT2D eigenvalue weighted by atomic mass is 35.5. The minimum atomic E-state index is -4.41. The van der Waals surface area contributed by atoms with Crippen LogP contribution in [0.4, 0.5) is 5.69 Å². The predicted molar refractivity (Wildman–Crippen MR) is 109 cm³/mol. The first-order valence-corrected chi connectivity index (χ1v) is 10.4. The van der Waals surface area contributed by atoms with Gasteiger partial charge in [-0.1, -0.05) is 23.2 Å². The number of hydrogen-bond donors (Lipinski definition) is 0. The van der Waals surface area contributed by atoms with E-state index in [1.54, 1.807) is 0 Å². The average molecular weight is 470 g/mol. The van der Waals surface area contributed by atoms with Crippen molar-refractivity contribution in [2.75, 3.05) is 0 Å². The van der Waals surface area contributed by atoms with E-state index in [2.05, 4.69) is 5.10 Å². The third kappa shape index (κ3) is 4.16. The molecule has 12 heteroatoms. The molecule has 0 atom stereocenters. The summed E-state index contributed by atoms with van der Waals surface area (Å²) in [7, 11) is -3.00. The van der Waals surface area contributed by atoms with Crippen LogP contribution in [0.2, 0.25) is 10.0 Å². The molecule has 1 heterocycles. The highest BCUT2D eigenvalue weighted by Gasteiger charge is 2.29. The first-order valence-electron chi connectivity index (χ1n) is 8.23. The molecule has 0 saturated heterocycles. The number of carbonyl (C=O) groups is 1. The highest BCUT2D eigenvalue weighted by molar-refractivity contribution is 7.87. The Labute approximate surface area is 181 Å². The fraction of sp³-hybridized carbons (Fsp3) is 0.111. The van der Waals surface area contributed by atoms with Crippen molar-refractivity contribution in [2.24, 2.45) is 7.05 Å². The van der Waals surface area contributed by atoms with E-state index >= 15 is 0 Å². The fourth-order valence-corrected chi connectivity index (χ4v) is 4.15. The van der Waals surface area contributed by atoms with Crippen LogP contribution in [0.1, 0.15) is 21.6 Å². The summed E-state index contributed by atoms with van der Waals surface area (Å²) in [6.07, 6.45) is 0. The third-order valence-corrected chi connectivity index (χ3v) is 5.87. The van der Waals surface area contributed by atoms with Gasteiger partial charge in [0.2, 0.25) is 11.7 Å². The molecule has 0 aliphatic carbocycles. The van der Waals surface area contributed by atoms with Crippen LogP contribution in [0.25, 0.3) is 0 Å². The SMILES string of the molecule is Cc1nn(C)c(OS(=O)(=O)c2ccc([N+](=O)[O-])cc2)c1C(=O)c1ccc(Cl)cc1Cl. The van der Waals surface area contributed by atoms with Crippen molar-refractivity contribution in [1.82, 2.24) is 9.78 Å². The second-order valence-electron chi connectivity index (χ2n) is 6.13. The van der Waals surface area contributed by atoms with Crippen molar-refractivity contribution >= 4 is 44.8 Å². The normalized spacial score (nSPS) is 11.3. The number of aromatic nitrogens is 2. The van der Waals surface area contributed by atoms with Crippen molar-refractivity contribution in [1.29, 1.82) is 0 Å². The van der Waals surface area contributed by atoms with Crippen molar-refractivity contribution < 1.29 is 22.3 Å². The average Bonchev–Trinajstić information content (AvgIpc) is 2.94. The lowest BCUT2D eigenvalue weighted by molar-refractivity contribution is -0.384. The van der Waals surface area contributed by atoms with Gasteiger partial charge in [0.15, 0.2) is 0 Å². The molecule has 0 aliphatic heterocycles. The van der Waals surface area contributed by atoms with E-state index in [0.717, 1.165) is 28.9 Å². The van der Waals surface area contributed by atoms with Crippen LogP contribution < -0.4 is 4.18 Å². The Balaban J connectivity index is 2.03. The maximum Gasteiger partial charge on any atom is 0.340 e. The molecule has 9 nitrogen and oxygen atoms in total. The quantitative estimate of drug-likeness (QED) is 0.232. The molecule has 2 aromatic carbocycles. The third-order valence-electron chi connectivity index (χ3n) is 4.10. The van der Waals surface area contributed by atoms with Crippen LogP contribution in [0.3, 0.4) is 0 Å². The molecule has 0 fully saturated rings. The second kappa shape index (κ2) is 8.05. The van der Waals surface area contributed by atoms with E-state index in [9.17, 15) is 23.3 Å². The summed E-state index contributed by atoms with van der Waals surface area (Å²) in [4.78, 5) is 22.8. The number of aryl methyl sites for hydroxylation is 2. The van der Waals surface area contributed by atoms with Gasteiger partial charge < -0.3 is 4.18 Å². The number of benzene rings is 2. The Morgan fingerprint density at radius 1 is 1.17 bits per heavy atom.